The number of amides is 3. The zero-order valence-corrected chi connectivity index (χ0v) is 25.9. The number of hydrogen-bond acceptors (Lipinski definition) is 9. The first kappa shape index (κ1) is 30.1. The highest BCUT2D eigenvalue weighted by Gasteiger charge is 2.20. The summed E-state index contributed by atoms with van der Waals surface area (Å²) in [6.45, 7) is 8.39. The fourth-order valence-corrected chi connectivity index (χ4v) is 7.32. The van der Waals surface area contributed by atoms with Gasteiger partial charge < -0.3 is 9.80 Å². The zero-order chi connectivity index (χ0) is 30.0. The molecular formula is C28H32ClN7O4S2. The highest BCUT2D eigenvalue weighted by molar-refractivity contribution is 7.91. The van der Waals surface area contributed by atoms with Crippen molar-refractivity contribution in [1.82, 2.24) is 29.9 Å². The van der Waals surface area contributed by atoms with Gasteiger partial charge in [-0.2, -0.15) is 5.10 Å². The average molecular weight is 630 g/mol. The Morgan fingerprint density at radius 2 is 1.81 bits per heavy atom. The maximum atomic E-state index is 13.0. The van der Waals surface area contributed by atoms with Gasteiger partial charge in [0.15, 0.2) is 15.0 Å². The van der Waals surface area contributed by atoms with Crippen LogP contribution < -0.4 is 10.6 Å². The van der Waals surface area contributed by atoms with Crippen LogP contribution in [-0.4, -0.2) is 90.4 Å². The van der Waals surface area contributed by atoms with Gasteiger partial charge in [-0.1, -0.05) is 22.9 Å². The molecule has 2 N–H and O–H groups in total. The minimum absolute atomic E-state index is 0.0581. The van der Waals surface area contributed by atoms with Crippen molar-refractivity contribution in [3.05, 3.63) is 64.4 Å². The summed E-state index contributed by atoms with van der Waals surface area (Å²) in [5.74, 6) is -0.630. The van der Waals surface area contributed by atoms with Crippen LogP contribution in [0.15, 0.2) is 47.4 Å². The second-order valence-electron chi connectivity index (χ2n) is 10.4. The van der Waals surface area contributed by atoms with Crippen molar-refractivity contribution in [3.8, 4) is 5.69 Å². The molecule has 1 aliphatic heterocycles. The SMILES string of the molecule is Cc1cc(C)n(-c2ccc(Cl)c(C(=O)NC(=O)Nc3nc4ccc(S(=O)(=O)CCCN5CCN(C)CC5)cc4s3)c2)n1. The summed E-state index contributed by atoms with van der Waals surface area (Å²) in [5.41, 5.74) is 3.00. The Morgan fingerprint density at radius 3 is 2.52 bits per heavy atom. The van der Waals surface area contributed by atoms with Crippen LogP contribution in [0, 0.1) is 13.8 Å². The van der Waals surface area contributed by atoms with E-state index in [4.69, 9.17) is 11.6 Å². The molecule has 0 bridgehead atoms. The van der Waals surface area contributed by atoms with Gasteiger partial charge in [-0.15, -0.1) is 0 Å². The minimum Gasteiger partial charge on any atom is -0.304 e. The third-order valence-electron chi connectivity index (χ3n) is 7.10. The first-order valence-electron chi connectivity index (χ1n) is 13.5. The number of aryl methyl sites for hydroxylation is 2. The van der Waals surface area contributed by atoms with Crippen LogP contribution >= 0.6 is 22.9 Å². The molecule has 0 radical (unpaired) electrons. The van der Waals surface area contributed by atoms with Gasteiger partial charge in [0, 0.05) is 31.9 Å². The van der Waals surface area contributed by atoms with E-state index in [0.717, 1.165) is 55.4 Å². The van der Waals surface area contributed by atoms with E-state index >= 15 is 0 Å². The topological polar surface area (TPSA) is 130 Å². The molecule has 14 heteroatoms. The summed E-state index contributed by atoms with van der Waals surface area (Å²) in [6, 6.07) is 10.7. The second kappa shape index (κ2) is 12.5. The van der Waals surface area contributed by atoms with Crippen LogP contribution in [0.25, 0.3) is 15.9 Å². The molecule has 0 atom stereocenters. The third-order valence-corrected chi connectivity index (χ3v) is 10.2. The van der Waals surface area contributed by atoms with Gasteiger partial charge in [-0.25, -0.2) is 22.9 Å². The molecular weight excluding hydrogens is 598 g/mol. The zero-order valence-electron chi connectivity index (χ0n) is 23.6. The van der Waals surface area contributed by atoms with E-state index in [1.807, 2.05) is 19.9 Å². The summed E-state index contributed by atoms with van der Waals surface area (Å²) >= 11 is 7.39. The number of aromatic nitrogens is 3. The Bertz CT molecular complexity index is 1740. The van der Waals surface area contributed by atoms with Crippen molar-refractivity contribution in [2.24, 2.45) is 0 Å². The Morgan fingerprint density at radius 1 is 1.05 bits per heavy atom. The number of thiazole rings is 1. The maximum absolute atomic E-state index is 13.0. The Kier molecular flexibility index (Phi) is 8.94. The lowest BCUT2D eigenvalue weighted by molar-refractivity contribution is 0.0967. The van der Waals surface area contributed by atoms with E-state index in [0.29, 0.717) is 22.3 Å². The van der Waals surface area contributed by atoms with Crippen molar-refractivity contribution in [1.29, 1.82) is 0 Å². The number of benzene rings is 2. The number of urea groups is 1. The van der Waals surface area contributed by atoms with E-state index in [1.54, 1.807) is 41.1 Å². The standard InChI is InChI=1S/C28H32ClN7O4S2/c1-18-15-19(2)36(33-18)20-5-7-23(29)22(16-20)26(37)31-27(38)32-28-30-24-8-6-21(17-25(24)41-28)42(39,40)14-4-9-35-12-10-34(3)11-13-35/h5-8,15-17H,4,9-14H2,1-3H3,(H2,30,31,32,37,38). The molecule has 222 valence electrons. The molecule has 0 unspecified atom stereocenters. The van der Waals surface area contributed by atoms with Gasteiger partial charge >= 0.3 is 6.03 Å². The van der Waals surface area contributed by atoms with Crippen LogP contribution in [0.5, 0.6) is 0 Å². The Balaban J connectivity index is 1.21. The number of rotatable bonds is 8. The molecule has 2 aromatic carbocycles. The predicted molar refractivity (Wildman–Crippen MR) is 165 cm³/mol. The Hall–Kier alpha value is -3.36. The molecule has 11 nitrogen and oxygen atoms in total. The fourth-order valence-electron chi connectivity index (χ4n) is 4.83. The van der Waals surface area contributed by atoms with Gasteiger partial charge in [0.1, 0.15) is 0 Å². The van der Waals surface area contributed by atoms with Gasteiger partial charge in [-0.05, 0) is 76.3 Å². The number of carbonyl (C=O) groups excluding carboxylic acids is 2. The van der Waals surface area contributed by atoms with Gasteiger partial charge in [-0.3, -0.25) is 15.4 Å². The lowest BCUT2D eigenvalue weighted by Crippen LogP contribution is -2.44. The van der Waals surface area contributed by atoms with Crippen LogP contribution in [0.2, 0.25) is 5.02 Å². The van der Waals surface area contributed by atoms with E-state index < -0.39 is 21.8 Å². The molecule has 0 spiro atoms. The second-order valence-corrected chi connectivity index (χ2v) is 13.9. The molecule has 3 amide bonds. The molecule has 3 heterocycles. The highest BCUT2D eigenvalue weighted by Crippen LogP contribution is 2.29. The number of carbonyl (C=O) groups is 2. The first-order chi connectivity index (χ1) is 20.0. The molecule has 1 fully saturated rings. The number of likely N-dealkylation sites (N-methyl/N-ethyl adjacent to an activating group) is 1. The summed E-state index contributed by atoms with van der Waals surface area (Å²) in [5, 5.41) is 9.67. The molecule has 1 aliphatic rings. The molecule has 4 aromatic rings. The van der Waals surface area contributed by atoms with Crippen molar-refractivity contribution < 1.29 is 18.0 Å². The number of imide groups is 1. The van der Waals surface area contributed by atoms with Gasteiger partial charge in [0.2, 0.25) is 0 Å². The van der Waals surface area contributed by atoms with Gasteiger partial charge in [0.25, 0.3) is 5.91 Å². The summed E-state index contributed by atoms with van der Waals surface area (Å²) < 4.78 is 28.3. The predicted octanol–water partition coefficient (Wildman–Crippen LogP) is 4.13. The van der Waals surface area contributed by atoms with E-state index in [2.05, 4.69) is 37.6 Å². The van der Waals surface area contributed by atoms with E-state index in [1.165, 1.54) is 0 Å². The molecule has 0 saturated carbocycles. The largest absolute Gasteiger partial charge is 0.327 e. The summed E-state index contributed by atoms with van der Waals surface area (Å²) in [7, 11) is -1.39. The number of hydrogen-bond donors (Lipinski definition) is 2. The lowest BCUT2D eigenvalue weighted by atomic mass is 10.2. The Labute approximate surface area is 253 Å². The number of halogens is 1. The molecule has 2 aromatic heterocycles. The number of fused-ring (bicyclic) bond motifs is 1. The van der Waals surface area contributed by atoms with Crippen LogP contribution in [-0.2, 0) is 9.84 Å². The maximum Gasteiger partial charge on any atom is 0.327 e. The van der Waals surface area contributed by atoms with Crippen LogP contribution in [0.1, 0.15) is 28.2 Å². The van der Waals surface area contributed by atoms with Crippen molar-refractivity contribution in [2.45, 2.75) is 25.2 Å². The molecule has 5 rings (SSSR count). The van der Waals surface area contributed by atoms with Crippen LogP contribution in [0.3, 0.4) is 0 Å². The third kappa shape index (κ3) is 6.98. The summed E-state index contributed by atoms with van der Waals surface area (Å²) in [4.78, 5) is 34.7. The number of nitrogens with one attached hydrogen (secondary N) is 2. The minimum atomic E-state index is -3.47. The van der Waals surface area contributed by atoms with Crippen molar-refractivity contribution in [3.63, 3.8) is 0 Å². The normalized spacial score (nSPS) is 14.8. The van der Waals surface area contributed by atoms with Gasteiger partial charge in [0.05, 0.1) is 42.8 Å². The fraction of sp³-hybridized carbons (Fsp3) is 0.357. The number of anilines is 1. The average Bonchev–Trinajstić information content (AvgIpc) is 3.50. The van der Waals surface area contributed by atoms with E-state index in [9.17, 15) is 18.0 Å². The molecule has 1 saturated heterocycles. The van der Waals surface area contributed by atoms with Crippen molar-refractivity contribution in [2.75, 3.05) is 50.8 Å². The molecule has 42 heavy (non-hydrogen) atoms. The quantitative estimate of drug-likeness (QED) is 0.298. The monoisotopic (exact) mass is 629 g/mol. The number of sulfone groups is 1. The first-order valence-corrected chi connectivity index (χ1v) is 16.3. The van der Waals surface area contributed by atoms with Crippen LogP contribution in [0.4, 0.5) is 9.93 Å². The highest BCUT2D eigenvalue weighted by atomic mass is 35.5. The number of nitrogens with zero attached hydrogens (tertiary/aromatic N) is 5. The van der Waals surface area contributed by atoms with E-state index in [-0.39, 0.29) is 26.4 Å². The summed E-state index contributed by atoms with van der Waals surface area (Å²) in [6.07, 6.45) is 0.557. The lowest BCUT2D eigenvalue weighted by Gasteiger charge is -2.32. The van der Waals surface area contributed by atoms with Crippen molar-refractivity contribution >= 4 is 60.1 Å². The number of piperazine rings is 1. The molecule has 0 aliphatic carbocycles. The smallest absolute Gasteiger partial charge is 0.304 e.